The van der Waals surface area contributed by atoms with Gasteiger partial charge in [0.15, 0.2) is 5.82 Å². The molecule has 1 aromatic heterocycles. The standard InChI is InChI=1S/C12H18N4O3/c1-13-11(18)12(8-19-2)4-3-7-16(12)10(17)9-14-5-6-15-9/h5-6H,3-4,7-8H2,1-2H3,(H,13,18)(H,14,15). The van der Waals surface area contributed by atoms with E-state index in [1.165, 1.54) is 13.3 Å². The van der Waals surface area contributed by atoms with Crippen LogP contribution in [0.1, 0.15) is 23.5 Å². The average Bonchev–Trinajstić information content (AvgIpc) is 3.07. The fourth-order valence-electron chi connectivity index (χ4n) is 2.61. The molecule has 1 fully saturated rings. The molecule has 104 valence electrons. The van der Waals surface area contributed by atoms with E-state index in [1.54, 1.807) is 18.1 Å². The lowest BCUT2D eigenvalue weighted by molar-refractivity contribution is -0.133. The molecule has 2 N–H and O–H groups in total. The topological polar surface area (TPSA) is 87.3 Å². The molecular weight excluding hydrogens is 248 g/mol. The van der Waals surface area contributed by atoms with Crippen LogP contribution < -0.4 is 5.32 Å². The molecule has 0 spiro atoms. The van der Waals surface area contributed by atoms with Gasteiger partial charge in [-0.05, 0) is 12.8 Å². The number of ether oxygens (including phenoxy) is 1. The number of aromatic amines is 1. The number of H-pyrrole nitrogens is 1. The molecule has 0 saturated carbocycles. The molecule has 2 heterocycles. The van der Waals surface area contributed by atoms with Crippen LogP contribution in [-0.2, 0) is 9.53 Å². The van der Waals surface area contributed by atoms with Crippen LogP contribution in [0.5, 0.6) is 0 Å². The van der Waals surface area contributed by atoms with Crippen LogP contribution in [-0.4, -0.2) is 59.5 Å². The highest BCUT2D eigenvalue weighted by Crippen LogP contribution is 2.31. The zero-order chi connectivity index (χ0) is 13.9. The maximum absolute atomic E-state index is 12.4. The first-order chi connectivity index (χ1) is 9.15. The number of hydrogen-bond acceptors (Lipinski definition) is 4. The second-order valence-corrected chi connectivity index (χ2v) is 4.54. The Kier molecular flexibility index (Phi) is 3.84. The monoisotopic (exact) mass is 266 g/mol. The number of rotatable bonds is 4. The Morgan fingerprint density at radius 2 is 2.42 bits per heavy atom. The number of hydrogen-bond donors (Lipinski definition) is 2. The van der Waals surface area contributed by atoms with Crippen molar-refractivity contribution in [2.75, 3.05) is 27.3 Å². The number of methoxy groups -OCH3 is 1. The van der Waals surface area contributed by atoms with Gasteiger partial charge in [0.2, 0.25) is 5.91 Å². The third-order valence-electron chi connectivity index (χ3n) is 3.47. The van der Waals surface area contributed by atoms with Crippen LogP contribution in [0, 0.1) is 0 Å². The van der Waals surface area contributed by atoms with Crippen molar-refractivity contribution in [3.63, 3.8) is 0 Å². The van der Waals surface area contributed by atoms with E-state index in [9.17, 15) is 9.59 Å². The van der Waals surface area contributed by atoms with Crippen molar-refractivity contribution in [1.82, 2.24) is 20.2 Å². The van der Waals surface area contributed by atoms with Gasteiger partial charge in [-0.25, -0.2) is 4.98 Å². The predicted molar refractivity (Wildman–Crippen MR) is 67.5 cm³/mol. The quantitative estimate of drug-likeness (QED) is 0.788. The smallest absolute Gasteiger partial charge is 0.290 e. The molecule has 7 heteroatoms. The van der Waals surface area contributed by atoms with Crippen LogP contribution in [0.25, 0.3) is 0 Å². The van der Waals surface area contributed by atoms with Gasteiger partial charge in [0, 0.05) is 33.1 Å². The number of imidazole rings is 1. The van der Waals surface area contributed by atoms with Gasteiger partial charge in [0.1, 0.15) is 5.54 Å². The zero-order valence-corrected chi connectivity index (χ0v) is 11.1. The van der Waals surface area contributed by atoms with Gasteiger partial charge in [-0.3, -0.25) is 9.59 Å². The van der Waals surface area contributed by atoms with Gasteiger partial charge in [0.05, 0.1) is 6.61 Å². The van der Waals surface area contributed by atoms with E-state index in [0.717, 1.165) is 6.42 Å². The summed E-state index contributed by atoms with van der Waals surface area (Å²) >= 11 is 0. The number of nitrogens with zero attached hydrogens (tertiary/aromatic N) is 2. The van der Waals surface area contributed by atoms with E-state index < -0.39 is 5.54 Å². The van der Waals surface area contributed by atoms with E-state index in [4.69, 9.17) is 4.74 Å². The summed E-state index contributed by atoms with van der Waals surface area (Å²) in [6.07, 6.45) is 4.46. The normalized spacial score (nSPS) is 22.5. The SMILES string of the molecule is CNC(=O)C1(COC)CCCN1C(=O)c1ncc[nH]1. The summed E-state index contributed by atoms with van der Waals surface area (Å²) < 4.78 is 5.16. The third-order valence-corrected chi connectivity index (χ3v) is 3.47. The van der Waals surface area contributed by atoms with E-state index >= 15 is 0 Å². The Labute approximate surface area is 111 Å². The van der Waals surface area contributed by atoms with Crippen molar-refractivity contribution in [3.05, 3.63) is 18.2 Å². The van der Waals surface area contributed by atoms with Crippen molar-refractivity contribution >= 4 is 11.8 Å². The summed E-state index contributed by atoms with van der Waals surface area (Å²) in [5.41, 5.74) is -0.937. The first-order valence-electron chi connectivity index (χ1n) is 6.18. The number of amides is 2. The summed E-state index contributed by atoms with van der Waals surface area (Å²) in [5.74, 6) is -0.235. The molecule has 19 heavy (non-hydrogen) atoms. The first kappa shape index (κ1) is 13.5. The highest BCUT2D eigenvalue weighted by Gasteiger charge is 2.50. The molecule has 1 atom stereocenters. The second-order valence-electron chi connectivity index (χ2n) is 4.54. The van der Waals surface area contributed by atoms with Crippen molar-refractivity contribution in [1.29, 1.82) is 0 Å². The van der Waals surface area contributed by atoms with Gasteiger partial charge in [-0.2, -0.15) is 0 Å². The Bertz CT molecular complexity index is 460. The molecular formula is C12H18N4O3. The molecule has 2 amide bonds. The van der Waals surface area contributed by atoms with E-state index in [1.807, 2.05) is 0 Å². The molecule has 0 radical (unpaired) electrons. The number of likely N-dealkylation sites (N-methyl/N-ethyl adjacent to an activating group) is 1. The van der Waals surface area contributed by atoms with Crippen molar-refractivity contribution in [2.24, 2.45) is 0 Å². The minimum absolute atomic E-state index is 0.180. The van der Waals surface area contributed by atoms with Crippen LogP contribution in [0.3, 0.4) is 0 Å². The Morgan fingerprint density at radius 3 is 3.00 bits per heavy atom. The van der Waals surface area contributed by atoms with Gasteiger partial charge in [0.25, 0.3) is 5.91 Å². The molecule has 1 unspecified atom stereocenters. The average molecular weight is 266 g/mol. The Morgan fingerprint density at radius 1 is 1.63 bits per heavy atom. The fraction of sp³-hybridized carbons (Fsp3) is 0.583. The zero-order valence-electron chi connectivity index (χ0n) is 11.1. The summed E-state index contributed by atoms with van der Waals surface area (Å²) in [4.78, 5) is 32.9. The summed E-state index contributed by atoms with van der Waals surface area (Å²) in [7, 11) is 3.09. The number of carbonyl (C=O) groups is 2. The summed E-state index contributed by atoms with van der Waals surface area (Å²) in [6.45, 7) is 0.704. The molecule has 1 saturated heterocycles. The molecule has 1 aromatic rings. The maximum atomic E-state index is 12.4. The number of likely N-dealkylation sites (tertiary alicyclic amines) is 1. The minimum atomic E-state index is -0.937. The van der Waals surface area contributed by atoms with Crippen molar-refractivity contribution in [2.45, 2.75) is 18.4 Å². The van der Waals surface area contributed by atoms with E-state index in [0.29, 0.717) is 13.0 Å². The van der Waals surface area contributed by atoms with Gasteiger partial charge in [-0.1, -0.05) is 0 Å². The Balaban J connectivity index is 2.32. The largest absolute Gasteiger partial charge is 0.382 e. The lowest BCUT2D eigenvalue weighted by Crippen LogP contribution is -2.59. The molecule has 7 nitrogen and oxygen atoms in total. The highest BCUT2D eigenvalue weighted by molar-refractivity contribution is 5.97. The Hall–Kier alpha value is -1.89. The molecule has 0 aromatic carbocycles. The third kappa shape index (κ3) is 2.21. The molecule has 0 aliphatic carbocycles. The first-order valence-corrected chi connectivity index (χ1v) is 6.18. The molecule has 1 aliphatic heterocycles. The van der Waals surface area contributed by atoms with Crippen LogP contribution in [0.4, 0.5) is 0 Å². The van der Waals surface area contributed by atoms with Gasteiger partial charge in [-0.15, -0.1) is 0 Å². The van der Waals surface area contributed by atoms with Crippen LogP contribution in [0.15, 0.2) is 12.4 Å². The predicted octanol–water partition coefficient (Wildman–Crippen LogP) is -0.223. The van der Waals surface area contributed by atoms with E-state index in [-0.39, 0.29) is 24.2 Å². The minimum Gasteiger partial charge on any atom is -0.382 e. The van der Waals surface area contributed by atoms with Gasteiger partial charge < -0.3 is 19.9 Å². The number of nitrogens with one attached hydrogen (secondary N) is 2. The number of aromatic nitrogens is 2. The molecule has 1 aliphatic rings. The van der Waals surface area contributed by atoms with E-state index in [2.05, 4.69) is 15.3 Å². The lowest BCUT2D eigenvalue weighted by Gasteiger charge is -2.35. The van der Waals surface area contributed by atoms with Crippen LogP contribution >= 0.6 is 0 Å². The highest BCUT2D eigenvalue weighted by atomic mass is 16.5. The summed E-state index contributed by atoms with van der Waals surface area (Å²) in [6, 6.07) is 0. The second kappa shape index (κ2) is 5.40. The molecule has 0 bridgehead atoms. The number of carbonyl (C=O) groups excluding carboxylic acids is 2. The molecule has 2 rings (SSSR count). The lowest BCUT2D eigenvalue weighted by atomic mass is 9.95. The van der Waals surface area contributed by atoms with Gasteiger partial charge >= 0.3 is 0 Å². The fourth-order valence-corrected chi connectivity index (χ4v) is 2.61. The summed E-state index contributed by atoms with van der Waals surface area (Å²) in [5, 5.41) is 2.62. The maximum Gasteiger partial charge on any atom is 0.290 e. The van der Waals surface area contributed by atoms with Crippen LogP contribution in [0.2, 0.25) is 0 Å². The van der Waals surface area contributed by atoms with Crippen molar-refractivity contribution in [3.8, 4) is 0 Å². The van der Waals surface area contributed by atoms with Crippen molar-refractivity contribution < 1.29 is 14.3 Å².